The van der Waals surface area contributed by atoms with Crippen molar-refractivity contribution >= 4 is 17.4 Å². The Morgan fingerprint density at radius 1 is 0.972 bits per heavy atom. The predicted octanol–water partition coefficient (Wildman–Crippen LogP) is 5.15. The van der Waals surface area contributed by atoms with Gasteiger partial charge in [-0.2, -0.15) is 0 Å². The van der Waals surface area contributed by atoms with E-state index in [1.54, 1.807) is 49.4 Å². The Balaban J connectivity index is 1.57. The first-order chi connectivity index (χ1) is 17.4. The first-order valence-electron chi connectivity index (χ1n) is 11.4. The van der Waals surface area contributed by atoms with E-state index in [1.807, 2.05) is 18.2 Å². The van der Waals surface area contributed by atoms with Crippen molar-refractivity contribution in [3.8, 4) is 11.5 Å². The van der Waals surface area contributed by atoms with Crippen molar-refractivity contribution in [3.05, 3.63) is 112 Å². The molecule has 1 aliphatic carbocycles. The number of benzene rings is 3. The molecule has 1 atom stereocenters. The molecule has 5 rings (SSSR count). The van der Waals surface area contributed by atoms with E-state index in [-0.39, 0.29) is 18.2 Å². The highest BCUT2D eigenvalue weighted by atomic mass is 19.1. The molecule has 1 N–H and O–H groups in total. The van der Waals surface area contributed by atoms with Crippen LogP contribution in [0, 0.1) is 5.82 Å². The number of methoxy groups -OCH3 is 2. The van der Waals surface area contributed by atoms with Crippen molar-refractivity contribution < 1.29 is 28.2 Å². The lowest BCUT2D eigenvalue weighted by atomic mass is 9.79. The van der Waals surface area contributed by atoms with Crippen LogP contribution in [0.5, 0.6) is 11.5 Å². The molecule has 0 saturated heterocycles. The number of allylic oxidation sites excluding steroid dienone is 2. The largest absolute Gasteiger partial charge is 0.493 e. The van der Waals surface area contributed by atoms with Gasteiger partial charge in [-0.25, -0.2) is 9.18 Å². The molecule has 1 heterocycles. The van der Waals surface area contributed by atoms with Gasteiger partial charge in [-0.3, -0.25) is 4.79 Å². The molecule has 6 nitrogen and oxygen atoms in total. The SMILES string of the molecule is COC(=O)C1=C(C)NC2=C(C(=O)c3ccccc32)[C@@H]1c1ccc(OCc2ccccc2F)c(OC)c1. The molecule has 0 aromatic heterocycles. The second-order valence-electron chi connectivity index (χ2n) is 8.54. The number of dihydropyridines is 1. The summed E-state index contributed by atoms with van der Waals surface area (Å²) in [5, 5.41) is 3.26. The third-order valence-electron chi connectivity index (χ3n) is 6.52. The number of nitrogens with one attached hydrogen (secondary N) is 1. The van der Waals surface area contributed by atoms with Gasteiger partial charge in [0.25, 0.3) is 0 Å². The van der Waals surface area contributed by atoms with E-state index in [0.717, 1.165) is 5.56 Å². The van der Waals surface area contributed by atoms with E-state index in [4.69, 9.17) is 14.2 Å². The van der Waals surface area contributed by atoms with Crippen molar-refractivity contribution in [2.45, 2.75) is 19.4 Å². The van der Waals surface area contributed by atoms with Gasteiger partial charge in [-0.1, -0.05) is 48.5 Å². The number of esters is 1. The Morgan fingerprint density at radius 2 is 1.69 bits per heavy atom. The molecule has 0 spiro atoms. The molecule has 2 aliphatic rings. The van der Waals surface area contributed by atoms with Crippen LogP contribution < -0.4 is 14.8 Å². The van der Waals surface area contributed by atoms with E-state index in [2.05, 4.69) is 5.32 Å². The first kappa shape index (κ1) is 23.4. The minimum Gasteiger partial charge on any atom is -0.493 e. The minimum absolute atomic E-state index is 0.0191. The van der Waals surface area contributed by atoms with E-state index >= 15 is 0 Å². The summed E-state index contributed by atoms with van der Waals surface area (Å²) in [4.78, 5) is 26.4. The molecule has 0 amide bonds. The molecule has 1 aliphatic heterocycles. The molecule has 0 unspecified atom stereocenters. The highest BCUT2D eigenvalue weighted by Gasteiger charge is 2.43. The number of ether oxygens (including phenoxy) is 3. The molecule has 3 aromatic rings. The zero-order valence-corrected chi connectivity index (χ0v) is 20.1. The highest BCUT2D eigenvalue weighted by Crippen LogP contribution is 2.47. The van der Waals surface area contributed by atoms with Crippen molar-refractivity contribution in [3.63, 3.8) is 0 Å². The maximum atomic E-state index is 14.0. The Bertz CT molecular complexity index is 1460. The zero-order chi connectivity index (χ0) is 25.4. The molecule has 0 saturated carbocycles. The fraction of sp³-hybridized carbons (Fsp3) is 0.172. The van der Waals surface area contributed by atoms with E-state index in [9.17, 15) is 14.0 Å². The normalized spacial score (nSPS) is 16.3. The van der Waals surface area contributed by atoms with Crippen LogP contribution in [0.1, 0.15) is 39.9 Å². The van der Waals surface area contributed by atoms with Crippen LogP contribution in [0.4, 0.5) is 4.39 Å². The van der Waals surface area contributed by atoms with Crippen LogP contribution in [0.25, 0.3) is 5.70 Å². The molecular weight excluding hydrogens is 461 g/mol. The quantitative estimate of drug-likeness (QED) is 0.487. The van der Waals surface area contributed by atoms with Gasteiger partial charge in [-0.05, 0) is 30.7 Å². The predicted molar refractivity (Wildman–Crippen MR) is 132 cm³/mol. The summed E-state index contributed by atoms with van der Waals surface area (Å²) in [5.41, 5.74) is 4.57. The van der Waals surface area contributed by atoms with Gasteiger partial charge in [0.05, 0.1) is 25.5 Å². The summed E-state index contributed by atoms with van der Waals surface area (Å²) >= 11 is 0. The lowest BCUT2D eigenvalue weighted by molar-refractivity contribution is -0.136. The van der Waals surface area contributed by atoms with Crippen molar-refractivity contribution in [2.24, 2.45) is 0 Å². The second kappa shape index (κ2) is 9.34. The molecule has 0 radical (unpaired) electrons. The third kappa shape index (κ3) is 3.82. The maximum absolute atomic E-state index is 14.0. The maximum Gasteiger partial charge on any atom is 0.336 e. The van der Waals surface area contributed by atoms with Crippen LogP contribution in [0.15, 0.2) is 83.6 Å². The third-order valence-corrected chi connectivity index (χ3v) is 6.52. The first-order valence-corrected chi connectivity index (χ1v) is 11.4. The number of Topliss-reactive ketones (excluding diaryl/α,β-unsaturated/α-hetero) is 1. The Morgan fingerprint density at radius 3 is 2.42 bits per heavy atom. The summed E-state index contributed by atoms with van der Waals surface area (Å²) in [6.07, 6.45) is 0. The van der Waals surface area contributed by atoms with Crippen LogP contribution in [0.3, 0.4) is 0 Å². The molecule has 182 valence electrons. The van der Waals surface area contributed by atoms with Crippen LogP contribution in [-0.4, -0.2) is 26.0 Å². The lowest BCUT2D eigenvalue weighted by Gasteiger charge is -2.29. The molecule has 0 bridgehead atoms. The van der Waals surface area contributed by atoms with Crippen LogP contribution in [0.2, 0.25) is 0 Å². The fourth-order valence-corrected chi connectivity index (χ4v) is 4.80. The number of fused-ring (bicyclic) bond motifs is 2. The monoisotopic (exact) mass is 485 g/mol. The van der Waals surface area contributed by atoms with Crippen molar-refractivity contribution in [2.75, 3.05) is 14.2 Å². The zero-order valence-electron chi connectivity index (χ0n) is 20.1. The number of carbonyl (C=O) groups excluding carboxylic acids is 2. The number of hydrogen-bond donors (Lipinski definition) is 1. The van der Waals surface area contributed by atoms with Gasteiger partial charge in [0, 0.05) is 33.9 Å². The Hall–Kier alpha value is -4.39. The number of hydrogen-bond acceptors (Lipinski definition) is 6. The Kier molecular flexibility index (Phi) is 6.06. The van der Waals surface area contributed by atoms with Crippen LogP contribution >= 0.6 is 0 Å². The smallest absolute Gasteiger partial charge is 0.336 e. The Labute approximate surface area is 208 Å². The highest BCUT2D eigenvalue weighted by molar-refractivity contribution is 6.23. The second-order valence-corrected chi connectivity index (χ2v) is 8.54. The van der Waals surface area contributed by atoms with Crippen LogP contribution in [-0.2, 0) is 16.1 Å². The summed E-state index contributed by atoms with van der Waals surface area (Å²) in [6, 6.07) is 19.0. The molecule has 36 heavy (non-hydrogen) atoms. The average molecular weight is 486 g/mol. The van der Waals surface area contributed by atoms with Gasteiger partial charge in [0.1, 0.15) is 12.4 Å². The van der Waals surface area contributed by atoms with E-state index in [1.165, 1.54) is 20.3 Å². The van der Waals surface area contributed by atoms with Gasteiger partial charge in [0.2, 0.25) is 0 Å². The topological polar surface area (TPSA) is 73.9 Å². The number of ketones is 1. The lowest BCUT2D eigenvalue weighted by Crippen LogP contribution is -2.29. The number of rotatable bonds is 6. The fourth-order valence-electron chi connectivity index (χ4n) is 4.80. The number of carbonyl (C=O) groups is 2. The summed E-state index contributed by atoms with van der Waals surface area (Å²) in [6.45, 7) is 1.81. The van der Waals surface area contributed by atoms with Crippen molar-refractivity contribution in [1.82, 2.24) is 5.32 Å². The minimum atomic E-state index is -0.678. The summed E-state index contributed by atoms with van der Waals surface area (Å²) in [5.74, 6) is -0.902. The molecule has 0 fully saturated rings. The molecule has 7 heteroatoms. The molecule has 3 aromatic carbocycles. The summed E-state index contributed by atoms with van der Waals surface area (Å²) < 4.78 is 30.6. The van der Waals surface area contributed by atoms with Gasteiger partial charge in [0.15, 0.2) is 17.3 Å². The standard InChI is InChI=1S/C29H24FNO5/c1-16-24(29(33)35-3)25(26-27(31-16)19-9-5-6-10-20(19)28(26)32)17-12-13-22(23(14-17)34-2)36-15-18-8-4-7-11-21(18)30/h4-14,25,31H,15H2,1-3H3/t25-/m1/s1. The van der Waals surface area contributed by atoms with Gasteiger partial charge >= 0.3 is 5.97 Å². The van der Waals surface area contributed by atoms with E-state index in [0.29, 0.717) is 50.7 Å². The molecular formula is C29H24FNO5. The van der Waals surface area contributed by atoms with Gasteiger partial charge < -0.3 is 19.5 Å². The number of halogens is 1. The van der Waals surface area contributed by atoms with Crippen molar-refractivity contribution in [1.29, 1.82) is 0 Å². The van der Waals surface area contributed by atoms with Gasteiger partial charge in [-0.15, -0.1) is 0 Å². The average Bonchev–Trinajstić information content (AvgIpc) is 3.18. The summed E-state index contributed by atoms with van der Waals surface area (Å²) in [7, 11) is 2.82. The van der Waals surface area contributed by atoms with E-state index < -0.39 is 11.9 Å².